The number of aliphatic hydroxyl groups is 2. The van der Waals surface area contributed by atoms with Gasteiger partial charge in [0.15, 0.2) is 0 Å². The van der Waals surface area contributed by atoms with E-state index in [0.29, 0.717) is 39.6 Å². The lowest BCUT2D eigenvalue weighted by atomic mass is 10.7. The van der Waals surface area contributed by atoms with Gasteiger partial charge >= 0.3 is 17.9 Å². The van der Waals surface area contributed by atoms with Gasteiger partial charge in [-0.1, -0.05) is 19.7 Å². The van der Waals surface area contributed by atoms with Crippen LogP contribution in [-0.2, 0) is 28.6 Å². The van der Waals surface area contributed by atoms with Gasteiger partial charge < -0.3 is 39.7 Å². The summed E-state index contributed by atoms with van der Waals surface area (Å²) in [5.74, 6) is -2.94. The summed E-state index contributed by atoms with van der Waals surface area (Å²) in [5, 5.41) is 39.5. The smallest absolute Gasteiger partial charge is 0.327 e. The average Bonchev–Trinajstić information content (AvgIpc) is 2.68. The standard InChI is InChI=1S/C8H18O5.3C3H4O2/c9-1-3-11-5-7-13-8-6-12-4-2-10;3*1-2-3(4)5/h9-10H,1-8H2;3*2H,1H2,(H,4,5). The van der Waals surface area contributed by atoms with Crippen molar-refractivity contribution in [3.63, 3.8) is 0 Å². The first-order valence-electron chi connectivity index (χ1n) is 7.74. The summed E-state index contributed by atoms with van der Waals surface area (Å²) in [5.41, 5.74) is 0. The van der Waals surface area contributed by atoms with Crippen molar-refractivity contribution in [2.75, 3.05) is 52.9 Å². The van der Waals surface area contributed by atoms with E-state index in [0.717, 1.165) is 18.2 Å². The van der Waals surface area contributed by atoms with E-state index in [4.69, 9.17) is 39.7 Å². The minimum atomic E-state index is -0.981. The van der Waals surface area contributed by atoms with E-state index in [1.165, 1.54) is 0 Å². The lowest BCUT2D eigenvalue weighted by molar-refractivity contribution is -0.132. The van der Waals surface area contributed by atoms with E-state index in [-0.39, 0.29) is 13.2 Å². The highest BCUT2D eigenvalue weighted by molar-refractivity contribution is 5.79. The lowest BCUT2D eigenvalue weighted by Gasteiger charge is -2.04. The van der Waals surface area contributed by atoms with E-state index < -0.39 is 17.9 Å². The summed E-state index contributed by atoms with van der Waals surface area (Å²) >= 11 is 0. The van der Waals surface area contributed by atoms with Crippen LogP contribution in [-0.4, -0.2) is 96.3 Å². The molecule has 164 valence electrons. The van der Waals surface area contributed by atoms with Gasteiger partial charge in [0.25, 0.3) is 0 Å². The van der Waals surface area contributed by atoms with Crippen molar-refractivity contribution in [3.05, 3.63) is 38.0 Å². The molecule has 11 nitrogen and oxygen atoms in total. The molecule has 0 saturated heterocycles. The molecule has 0 heterocycles. The first-order chi connectivity index (χ1) is 13.2. The van der Waals surface area contributed by atoms with Gasteiger partial charge in [-0.05, 0) is 0 Å². The van der Waals surface area contributed by atoms with Gasteiger partial charge in [-0.15, -0.1) is 0 Å². The molecule has 0 bridgehead atoms. The van der Waals surface area contributed by atoms with Crippen molar-refractivity contribution >= 4 is 17.9 Å². The van der Waals surface area contributed by atoms with E-state index in [2.05, 4.69) is 19.7 Å². The lowest BCUT2D eigenvalue weighted by Crippen LogP contribution is -2.11. The quantitative estimate of drug-likeness (QED) is 0.200. The first kappa shape index (κ1) is 33.0. The molecule has 0 spiro atoms. The molecule has 0 radical (unpaired) electrons. The normalized spacial score (nSPS) is 8.36. The number of aliphatic hydroxyl groups excluding tert-OH is 2. The van der Waals surface area contributed by atoms with Crippen LogP contribution in [0.2, 0.25) is 0 Å². The third-order valence-corrected chi connectivity index (χ3v) is 1.74. The second kappa shape index (κ2) is 32.1. The van der Waals surface area contributed by atoms with Crippen molar-refractivity contribution in [2.24, 2.45) is 0 Å². The number of carbonyl (C=O) groups is 3. The molecule has 0 unspecified atom stereocenters. The fourth-order valence-corrected chi connectivity index (χ4v) is 0.671. The molecule has 0 rings (SSSR count). The van der Waals surface area contributed by atoms with E-state index in [1.807, 2.05) is 0 Å². The molecule has 0 aromatic carbocycles. The highest BCUT2D eigenvalue weighted by Gasteiger charge is 1.90. The first-order valence-corrected chi connectivity index (χ1v) is 7.74. The summed E-state index contributed by atoms with van der Waals surface area (Å²) in [6.45, 7) is 11.6. The predicted octanol–water partition coefficient (Wildman–Crippen LogP) is -0.208. The van der Waals surface area contributed by atoms with Crippen molar-refractivity contribution in [2.45, 2.75) is 0 Å². The van der Waals surface area contributed by atoms with Crippen LogP contribution in [0.5, 0.6) is 0 Å². The van der Waals surface area contributed by atoms with Crippen molar-refractivity contribution in [1.82, 2.24) is 0 Å². The van der Waals surface area contributed by atoms with Crippen LogP contribution in [0.3, 0.4) is 0 Å². The third kappa shape index (κ3) is 65.4. The van der Waals surface area contributed by atoms with E-state index in [1.54, 1.807) is 0 Å². The summed E-state index contributed by atoms with van der Waals surface area (Å²) < 4.78 is 15.0. The zero-order valence-corrected chi connectivity index (χ0v) is 15.7. The van der Waals surface area contributed by atoms with Crippen LogP contribution < -0.4 is 0 Å². The zero-order chi connectivity index (χ0) is 22.6. The topological polar surface area (TPSA) is 180 Å². The fourth-order valence-electron chi connectivity index (χ4n) is 0.671. The summed E-state index contributed by atoms with van der Waals surface area (Å²) in [6.07, 6.45) is 2.50. The molecular formula is C17H30O11. The molecule has 5 N–H and O–H groups in total. The van der Waals surface area contributed by atoms with Crippen LogP contribution >= 0.6 is 0 Å². The number of hydrogen-bond donors (Lipinski definition) is 5. The van der Waals surface area contributed by atoms with Crippen molar-refractivity contribution in [1.29, 1.82) is 0 Å². The number of carboxylic acids is 3. The molecule has 0 fully saturated rings. The van der Waals surface area contributed by atoms with Gasteiger partial charge in [0.2, 0.25) is 0 Å². The number of hydrogen-bond acceptors (Lipinski definition) is 8. The predicted molar refractivity (Wildman–Crippen MR) is 100 cm³/mol. The van der Waals surface area contributed by atoms with Gasteiger partial charge in [0.1, 0.15) is 0 Å². The fraction of sp³-hybridized carbons (Fsp3) is 0.471. The van der Waals surface area contributed by atoms with Crippen LogP contribution in [0.1, 0.15) is 0 Å². The molecule has 0 aromatic rings. The zero-order valence-electron chi connectivity index (χ0n) is 15.7. The Morgan fingerprint density at radius 2 is 0.750 bits per heavy atom. The van der Waals surface area contributed by atoms with Crippen molar-refractivity contribution in [3.8, 4) is 0 Å². The van der Waals surface area contributed by atoms with Crippen LogP contribution in [0, 0.1) is 0 Å². The van der Waals surface area contributed by atoms with E-state index >= 15 is 0 Å². The Labute approximate surface area is 163 Å². The number of carboxylic acid groups (broad SMARTS) is 3. The Morgan fingerprint density at radius 3 is 0.893 bits per heavy atom. The number of ether oxygens (including phenoxy) is 3. The summed E-state index contributed by atoms with van der Waals surface area (Å²) in [6, 6.07) is 0. The Kier molecular flexibility index (Phi) is 37.9. The van der Waals surface area contributed by atoms with Gasteiger partial charge in [-0.25, -0.2) is 14.4 Å². The average molecular weight is 410 g/mol. The highest BCUT2D eigenvalue weighted by Crippen LogP contribution is 1.80. The SMILES string of the molecule is C=CC(=O)O.C=CC(=O)O.C=CC(=O)O.OCCOCCOCCOCCO. The Hall–Kier alpha value is -2.57. The maximum absolute atomic E-state index is 9.25. The molecule has 0 saturated carbocycles. The maximum atomic E-state index is 9.25. The molecule has 11 heteroatoms. The maximum Gasteiger partial charge on any atom is 0.327 e. The molecule has 0 aliphatic rings. The van der Waals surface area contributed by atoms with Crippen LogP contribution in [0.4, 0.5) is 0 Å². The second-order valence-electron chi connectivity index (χ2n) is 3.91. The summed E-state index contributed by atoms with van der Waals surface area (Å²) in [7, 11) is 0. The number of rotatable bonds is 13. The molecule has 0 amide bonds. The number of aliphatic carboxylic acids is 3. The second-order valence-corrected chi connectivity index (χ2v) is 3.91. The van der Waals surface area contributed by atoms with Gasteiger partial charge in [0.05, 0.1) is 52.9 Å². The third-order valence-electron chi connectivity index (χ3n) is 1.74. The molecule has 0 aliphatic carbocycles. The Morgan fingerprint density at radius 1 is 0.571 bits per heavy atom. The molecule has 0 aliphatic heterocycles. The molecule has 28 heavy (non-hydrogen) atoms. The van der Waals surface area contributed by atoms with Gasteiger partial charge in [0, 0.05) is 18.2 Å². The molecule has 0 aromatic heterocycles. The minimum Gasteiger partial charge on any atom is -0.478 e. The Bertz CT molecular complexity index is 355. The minimum absolute atomic E-state index is 0.0413. The van der Waals surface area contributed by atoms with Crippen molar-refractivity contribution < 1.29 is 54.1 Å². The largest absolute Gasteiger partial charge is 0.478 e. The highest BCUT2D eigenvalue weighted by atomic mass is 16.5. The van der Waals surface area contributed by atoms with E-state index in [9.17, 15) is 14.4 Å². The Balaban J connectivity index is -0.000000159. The molecular weight excluding hydrogens is 380 g/mol. The molecule has 0 atom stereocenters. The summed E-state index contributed by atoms with van der Waals surface area (Å²) in [4.78, 5) is 27.8. The van der Waals surface area contributed by atoms with Gasteiger partial charge in [-0.3, -0.25) is 0 Å². The van der Waals surface area contributed by atoms with Crippen LogP contribution in [0.25, 0.3) is 0 Å². The monoisotopic (exact) mass is 410 g/mol. The van der Waals surface area contributed by atoms with Gasteiger partial charge in [-0.2, -0.15) is 0 Å². The van der Waals surface area contributed by atoms with Crippen LogP contribution in [0.15, 0.2) is 38.0 Å².